The SMILES string of the molecule is CCCC/C=C/CCCCCCC(=O)OCC(COCCC(C(=O)[O-])[N+](C)(C)C)OC(=O)CCCCCCC/C=C/CCCCCCCCC. The number of likely N-dealkylation sites (N-methyl/N-ethyl adjacent to an activating group) is 1. The second-order valence-electron chi connectivity index (χ2n) is 14.9. The van der Waals surface area contributed by atoms with Crippen LogP contribution in [0.5, 0.6) is 0 Å². The third-order valence-corrected chi connectivity index (χ3v) is 9.06. The number of carboxylic acids is 1. The number of ether oxygens (including phenoxy) is 3. The largest absolute Gasteiger partial charge is 0.544 e. The van der Waals surface area contributed by atoms with Gasteiger partial charge in [0, 0.05) is 19.3 Å². The molecular formula is C42H77NO7. The summed E-state index contributed by atoms with van der Waals surface area (Å²) < 4.78 is 17.1. The summed E-state index contributed by atoms with van der Waals surface area (Å²) in [5.41, 5.74) is 0. The van der Waals surface area contributed by atoms with Gasteiger partial charge in [-0.2, -0.15) is 0 Å². The normalized spacial score (nSPS) is 13.2. The van der Waals surface area contributed by atoms with E-state index in [-0.39, 0.29) is 42.7 Å². The summed E-state index contributed by atoms with van der Waals surface area (Å²) in [6.07, 6.45) is 34.9. The van der Waals surface area contributed by atoms with Crippen LogP contribution in [0.25, 0.3) is 0 Å². The molecule has 2 unspecified atom stereocenters. The van der Waals surface area contributed by atoms with Gasteiger partial charge in [0.2, 0.25) is 0 Å². The number of allylic oxidation sites excluding steroid dienone is 4. The molecule has 0 aliphatic heterocycles. The molecule has 50 heavy (non-hydrogen) atoms. The molecule has 0 fully saturated rings. The highest BCUT2D eigenvalue weighted by Crippen LogP contribution is 2.13. The predicted octanol–water partition coefficient (Wildman–Crippen LogP) is 9.19. The van der Waals surface area contributed by atoms with Gasteiger partial charge < -0.3 is 28.6 Å². The Morgan fingerprint density at radius 1 is 0.580 bits per heavy atom. The predicted molar refractivity (Wildman–Crippen MR) is 204 cm³/mol. The zero-order valence-corrected chi connectivity index (χ0v) is 33.1. The van der Waals surface area contributed by atoms with E-state index in [1.807, 2.05) is 0 Å². The highest BCUT2D eigenvalue weighted by Gasteiger charge is 2.25. The average molecular weight is 708 g/mol. The number of rotatable bonds is 36. The number of carbonyl (C=O) groups is 3. The number of esters is 2. The van der Waals surface area contributed by atoms with E-state index in [0.717, 1.165) is 70.6 Å². The number of unbranched alkanes of at least 4 members (excludes halogenated alkanes) is 18. The Bertz CT molecular complexity index is 880. The lowest BCUT2D eigenvalue weighted by Crippen LogP contribution is -2.55. The van der Waals surface area contributed by atoms with Crippen LogP contribution < -0.4 is 5.11 Å². The number of quaternary nitrogens is 1. The lowest BCUT2D eigenvalue weighted by Gasteiger charge is -2.34. The van der Waals surface area contributed by atoms with Crippen LogP contribution in [0.4, 0.5) is 0 Å². The first-order valence-electron chi connectivity index (χ1n) is 20.4. The third-order valence-electron chi connectivity index (χ3n) is 9.06. The van der Waals surface area contributed by atoms with Gasteiger partial charge in [0.05, 0.1) is 40.3 Å². The summed E-state index contributed by atoms with van der Waals surface area (Å²) in [7, 11) is 5.39. The smallest absolute Gasteiger partial charge is 0.306 e. The van der Waals surface area contributed by atoms with E-state index in [1.54, 1.807) is 21.1 Å². The van der Waals surface area contributed by atoms with E-state index >= 15 is 0 Å². The number of hydrogen-bond donors (Lipinski definition) is 0. The van der Waals surface area contributed by atoms with Crippen LogP contribution in [-0.2, 0) is 28.6 Å². The average Bonchev–Trinajstić information content (AvgIpc) is 3.06. The molecule has 8 nitrogen and oxygen atoms in total. The lowest BCUT2D eigenvalue weighted by molar-refractivity contribution is -0.889. The molecule has 0 amide bonds. The van der Waals surface area contributed by atoms with Crippen LogP contribution >= 0.6 is 0 Å². The summed E-state index contributed by atoms with van der Waals surface area (Å²) in [5, 5.41) is 11.6. The van der Waals surface area contributed by atoms with Gasteiger partial charge in [0.1, 0.15) is 12.6 Å². The van der Waals surface area contributed by atoms with Crippen LogP contribution in [0.3, 0.4) is 0 Å². The summed E-state index contributed by atoms with van der Waals surface area (Å²) in [6, 6.07) is -0.725. The fourth-order valence-electron chi connectivity index (χ4n) is 5.81. The third kappa shape index (κ3) is 31.8. The summed E-state index contributed by atoms with van der Waals surface area (Å²) in [4.78, 5) is 36.7. The Morgan fingerprint density at radius 3 is 1.50 bits per heavy atom. The van der Waals surface area contributed by atoms with E-state index in [2.05, 4.69) is 38.2 Å². The zero-order valence-electron chi connectivity index (χ0n) is 33.1. The number of aliphatic carboxylic acids is 1. The number of carboxylic acid groups (broad SMARTS) is 1. The summed E-state index contributed by atoms with van der Waals surface area (Å²) in [6.45, 7) is 4.59. The van der Waals surface area contributed by atoms with E-state index in [1.165, 1.54) is 70.6 Å². The van der Waals surface area contributed by atoms with Crippen molar-refractivity contribution >= 4 is 17.9 Å². The zero-order chi connectivity index (χ0) is 37.1. The topological polar surface area (TPSA) is 102 Å². The summed E-state index contributed by atoms with van der Waals surface area (Å²) in [5.74, 6) is -1.76. The Labute approximate surface area is 307 Å². The van der Waals surface area contributed by atoms with Crippen LogP contribution in [0.15, 0.2) is 24.3 Å². The van der Waals surface area contributed by atoms with Gasteiger partial charge in [-0.3, -0.25) is 9.59 Å². The van der Waals surface area contributed by atoms with Gasteiger partial charge in [0.25, 0.3) is 0 Å². The molecule has 0 aromatic carbocycles. The van der Waals surface area contributed by atoms with E-state index in [9.17, 15) is 19.5 Å². The monoisotopic (exact) mass is 708 g/mol. The van der Waals surface area contributed by atoms with Crippen molar-refractivity contribution in [3.05, 3.63) is 24.3 Å². The molecule has 0 spiro atoms. The van der Waals surface area contributed by atoms with Crippen LogP contribution in [0, 0.1) is 0 Å². The van der Waals surface area contributed by atoms with Crippen molar-refractivity contribution in [3.63, 3.8) is 0 Å². The second kappa shape index (κ2) is 33.9. The lowest BCUT2D eigenvalue weighted by atomic mass is 10.1. The van der Waals surface area contributed by atoms with Crippen LogP contribution in [-0.4, -0.2) is 75.5 Å². The molecule has 0 heterocycles. The van der Waals surface area contributed by atoms with Crippen molar-refractivity contribution in [3.8, 4) is 0 Å². The highest BCUT2D eigenvalue weighted by atomic mass is 16.6. The van der Waals surface area contributed by atoms with Crippen molar-refractivity contribution in [2.45, 2.75) is 187 Å². The molecule has 0 aromatic rings. The molecule has 0 bridgehead atoms. The Morgan fingerprint density at radius 2 is 1.02 bits per heavy atom. The summed E-state index contributed by atoms with van der Waals surface area (Å²) >= 11 is 0. The first-order valence-corrected chi connectivity index (χ1v) is 20.4. The second-order valence-corrected chi connectivity index (χ2v) is 14.9. The minimum absolute atomic E-state index is 0.0359. The molecule has 0 aliphatic carbocycles. The molecule has 292 valence electrons. The van der Waals surface area contributed by atoms with Gasteiger partial charge >= 0.3 is 11.9 Å². The number of carbonyl (C=O) groups excluding carboxylic acids is 3. The molecule has 0 N–H and O–H groups in total. The standard InChI is InChI=1S/C42H77NO7/c1-6-8-10-12-14-16-18-19-20-21-22-23-25-27-29-31-33-41(45)50-38(36-48-35-34-39(42(46)47)43(3,4)5)37-49-40(44)32-30-28-26-24-17-15-13-11-9-7-2/h13,15,20-21,38-39H,6-12,14,16-19,22-37H2,1-5H3/b15-13+,21-20+. The maximum absolute atomic E-state index is 12.7. The molecular weight excluding hydrogens is 630 g/mol. The molecule has 0 saturated carbocycles. The van der Waals surface area contributed by atoms with Crippen LogP contribution in [0.2, 0.25) is 0 Å². The Balaban J connectivity index is 4.39. The maximum Gasteiger partial charge on any atom is 0.306 e. The van der Waals surface area contributed by atoms with Crippen molar-refractivity contribution in [1.82, 2.24) is 0 Å². The number of nitrogens with zero attached hydrogens (tertiary/aromatic N) is 1. The van der Waals surface area contributed by atoms with Gasteiger partial charge in [-0.05, 0) is 57.8 Å². The molecule has 2 atom stereocenters. The van der Waals surface area contributed by atoms with Gasteiger partial charge in [-0.1, -0.05) is 122 Å². The number of hydrogen-bond acceptors (Lipinski definition) is 7. The van der Waals surface area contributed by atoms with E-state index in [4.69, 9.17) is 14.2 Å². The maximum atomic E-state index is 12.7. The van der Waals surface area contributed by atoms with Crippen molar-refractivity contribution in [2.75, 3.05) is 41.0 Å². The molecule has 0 rings (SSSR count). The molecule has 0 aliphatic rings. The molecule has 8 heteroatoms. The minimum Gasteiger partial charge on any atom is -0.544 e. The first kappa shape index (κ1) is 47.8. The van der Waals surface area contributed by atoms with E-state index in [0.29, 0.717) is 12.8 Å². The van der Waals surface area contributed by atoms with Crippen molar-refractivity contribution in [2.24, 2.45) is 0 Å². The van der Waals surface area contributed by atoms with Crippen molar-refractivity contribution in [1.29, 1.82) is 0 Å². The van der Waals surface area contributed by atoms with E-state index < -0.39 is 18.1 Å². The first-order chi connectivity index (χ1) is 24.1. The Kier molecular flexibility index (Phi) is 32.4. The quantitative estimate of drug-likeness (QED) is 0.0277. The van der Waals surface area contributed by atoms with Gasteiger partial charge in [-0.15, -0.1) is 0 Å². The Hall–Kier alpha value is -2.19. The fraction of sp³-hybridized carbons (Fsp3) is 0.833. The molecule has 0 saturated heterocycles. The molecule has 0 aromatic heterocycles. The van der Waals surface area contributed by atoms with Gasteiger partial charge in [0.15, 0.2) is 6.10 Å². The fourth-order valence-corrected chi connectivity index (χ4v) is 5.81. The van der Waals surface area contributed by atoms with Gasteiger partial charge in [-0.25, -0.2) is 0 Å². The minimum atomic E-state index is -1.13. The van der Waals surface area contributed by atoms with Crippen molar-refractivity contribution < 1.29 is 38.2 Å². The highest BCUT2D eigenvalue weighted by molar-refractivity contribution is 5.70. The van der Waals surface area contributed by atoms with Crippen LogP contribution in [0.1, 0.15) is 174 Å². The molecule has 0 radical (unpaired) electrons.